The summed E-state index contributed by atoms with van der Waals surface area (Å²) in [6.45, 7) is 1.45. The molecule has 0 aliphatic heterocycles. The molecule has 0 unspecified atom stereocenters. The Morgan fingerprint density at radius 3 is 1.82 bits per heavy atom. The molecule has 0 aliphatic carbocycles. The van der Waals surface area contributed by atoms with Crippen LogP contribution in [0.2, 0.25) is 0 Å². The molecule has 0 radical (unpaired) electrons. The highest BCUT2D eigenvalue weighted by Gasteiger charge is 2.12. The Kier molecular flexibility index (Phi) is 5.60. The van der Waals surface area contributed by atoms with E-state index in [1.54, 1.807) is 42.5 Å². The van der Waals surface area contributed by atoms with Crippen LogP contribution in [0.15, 0.2) is 72.8 Å². The number of Topliss-reactive ketones (excluding diaryl/α,β-unsaturated/α-hetero) is 1. The smallest absolute Gasteiger partial charge is 0.255 e. The summed E-state index contributed by atoms with van der Waals surface area (Å²) >= 11 is 0. The lowest BCUT2D eigenvalue weighted by Gasteiger charge is -2.09. The van der Waals surface area contributed by atoms with Crippen LogP contribution in [0.25, 0.3) is 0 Å². The molecule has 2 amide bonds. The molecule has 3 rings (SSSR count). The van der Waals surface area contributed by atoms with Gasteiger partial charge in [-0.2, -0.15) is 0 Å². The SMILES string of the molecule is CC(=O)c1cccc(NC(=O)c2cccc(C(=O)Nc3ccc(F)cc3)c2)c1. The Balaban J connectivity index is 1.74. The van der Waals surface area contributed by atoms with Gasteiger partial charge in [0.2, 0.25) is 0 Å². The average Bonchev–Trinajstić information content (AvgIpc) is 2.70. The largest absolute Gasteiger partial charge is 0.322 e. The van der Waals surface area contributed by atoms with Gasteiger partial charge in [-0.15, -0.1) is 0 Å². The number of halogens is 1. The van der Waals surface area contributed by atoms with Gasteiger partial charge in [0.05, 0.1) is 0 Å². The van der Waals surface area contributed by atoms with Crippen LogP contribution in [0.3, 0.4) is 0 Å². The van der Waals surface area contributed by atoms with Crippen molar-refractivity contribution in [2.24, 2.45) is 0 Å². The second kappa shape index (κ2) is 8.26. The minimum absolute atomic E-state index is 0.101. The standard InChI is InChI=1S/C22H17FN2O3/c1-14(26)15-4-3-7-20(13-15)25-22(28)17-6-2-5-16(12-17)21(27)24-19-10-8-18(23)9-11-19/h2-13H,1H3,(H,24,27)(H,25,28). The van der Waals surface area contributed by atoms with Crippen molar-refractivity contribution in [3.8, 4) is 0 Å². The first-order chi connectivity index (χ1) is 13.4. The lowest BCUT2D eigenvalue weighted by molar-refractivity contribution is 0.100. The zero-order valence-electron chi connectivity index (χ0n) is 15.0. The molecule has 0 saturated heterocycles. The molecule has 5 nitrogen and oxygen atoms in total. The number of benzene rings is 3. The maximum Gasteiger partial charge on any atom is 0.255 e. The molecule has 0 aromatic heterocycles. The van der Waals surface area contributed by atoms with Gasteiger partial charge in [-0.25, -0.2) is 4.39 Å². The molecule has 3 aromatic carbocycles. The number of amides is 2. The molecule has 28 heavy (non-hydrogen) atoms. The fraction of sp³-hybridized carbons (Fsp3) is 0.0455. The van der Waals surface area contributed by atoms with Gasteiger partial charge in [0.1, 0.15) is 5.82 Å². The Morgan fingerprint density at radius 1 is 0.679 bits per heavy atom. The molecule has 3 aromatic rings. The maximum absolute atomic E-state index is 13.0. The minimum atomic E-state index is -0.417. The van der Waals surface area contributed by atoms with Crippen LogP contribution in [-0.4, -0.2) is 17.6 Å². The van der Waals surface area contributed by atoms with E-state index in [1.165, 1.54) is 37.3 Å². The molecule has 2 N–H and O–H groups in total. The van der Waals surface area contributed by atoms with Crippen molar-refractivity contribution in [3.05, 3.63) is 95.3 Å². The third kappa shape index (κ3) is 4.67. The van der Waals surface area contributed by atoms with Crippen LogP contribution in [-0.2, 0) is 0 Å². The summed E-state index contributed by atoms with van der Waals surface area (Å²) in [6, 6.07) is 18.2. The number of hydrogen-bond donors (Lipinski definition) is 2. The van der Waals surface area contributed by atoms with E-state index >= 15 is 0 Å². The van der Waals surface area contributed by atoms with E-state index in [1.807, 2.05) is 0 Å². The van der Waals surface area contributed by atoms with Crippen molar-refractivity contribution < 1.29 is 18.8 Å². The van der Waals surface area contributed by atoms with Gasteiger partial charge in [0.25, 0.3) is 11.8 Å². The molecule has 140 valence electrons. The number of carbonyl (C=O) groups is 3. The van der Waals surface area contributed by atoms with Gasteiger partial charge in [-0.3, -0.25) is 14.4 Å². The summed E-state index contributed by atoms with van der Waals surface area (Å²) < 4.78 is 13.0. The fourth-order valence-corrected chi connectivity index (χ4v) is 2.56. The number of rotatable bonds is 5. The molecule has 0 aliphatic rings. The van der Waals surface area contributed by atoms with Crippen LogP contribution in [0, 0.1) is 5.82 Å². The molecule has 0 fully saturated rings. The second-order valence-corrected chi connectivity index (χ2v) is 6.13. The van der Waals surface area contributed by atoms with E-state index in [-0.39, 0.29) is 11.3 Å². The van der Waals surface area contributed by atoms with E-state index in [2.05, 4.69) is 10.6 Å². The van der Waals surface area contributed by atoms with Gasteiger partial charge >= 0.3 is 0 Å². The maximum atomic E-state index is 13.0. The van der Waals surface area contributed by atoms with E-state index in [0.29, 0.717) is 22.5 Å². The first kappa shape index (κ1) is 19.0. The van der Waals surface area contributed by atoms with E-state index in [0.717, 1.165) is 0 Å². The molecular formula is C22H17FN2O3. The molecular weight excluding hydrogens is 359 g/mol. The summed E-state index contributed by atoms with van der Waals surface area (Å²) in [7, 11) is 0. The summed E-state index contributed by atoms with van der Waals surface area (Å²) in [5.41, 5.74) is 2.00. The van der Waals surface area contributed by atoms with Crippen molar-refractivity contribution in [3.63, 3.8) is 0 Å². The lowest BCUT2D eigenvalue weighted by Crippen LogP contribution is -2.15. The zero-order valence-corrected chi connectivity index (χ0v) is 15.0. The first-order valence-electron chi connectivity index (χ1n) is 8.52. The van der Waals surface area contributed by atoms with Crippen LogP contribution in [0.4, 0.5) is 15.8 Å². The van der Waals surface area contributed by atoms with Crippen LogP contribution < -0.4 is 10.6 Å². The Morgan fingerprint density at radius 2 is 1.21 bits per heavy atom. The van der Waals surface area contributed by atoms with Crippen LogP contribution >= 0.6 is 0 Å². The number of anilines is 2. The zero-order chi connectivity index (χ0) is 20.1. The number of hydrogen-bond acceptors (Lipinski definition) is 3. The van der Waals surface area contributed by atoms with E-state index in [9.17, 15) is 18.8 Å². The molecule has 0 heterocycles. The topological polar surface area (TPSA) is 75.3 Å². The van der Waals surface area contributed by atoms with Crippen molar-refractivity contribution in [2.75, 3.05) is 10.6 Å². The number of nitrogens with one attached hydrogen (secondary N) is 2. The average molecular weight is 376 g/mol. The quantitative estimate of drug-likeness (QED) is 0.642. The first-order valence-corrected chi connectivity index (χ1v) is 8.52. The minimum Gasteiger partial charge on any atom is -0.322 e. The van der Waals surface area contributed by atoms with E-state index < -0.39 is 17.6 Å². The second-order valence-electron chi connectivity index (χ2n) is 6.13. The summed E-state index contributed by atoms with van der Waals surface area (Å²) in [5.74, 6) is -1.32. The van der Waals surface area contributed by atoms with E-state index in [4.69, 9.17) is 0 Å². The van der Waals surface area contributed by atoms with Gasteiger partial charge in [-0.05, 0) is 61.5 Å². The third-order valence-electron chi connectivity index (χ3n) is 4.02. The molecule has 0 atom stereocenters. The molecule has 6 heteroatoms. The highest BCUT2D eigenvalue weighted by Crippen LogP contribution is 2.15. The monoisotopic (exact) mass is 376 g/mol. The Bertz CT molecular complexity index is 1050. The fourth-order valence-electron chi connectivity index (χ4n) is 2.56. The summed E-state index contributed by atoms with van der Waals surface area (Å²) in [5, 5.41) is 5.36. The predicted octanol–water partition coefficient (Wildman–Crippen LogP) is 4.53. The Labute approximate surface area is 161 Å². The molecule has 0 spiro atoms. The number of ketones is 1. The highest BCUT2D eigenvalue weighted by atomic mass is 19.1. The molecule has 0 bridgehead atoms. The van der Waals surface area contributed by atoms with Gasteiger partial charge in [0, 0.05) is 28.1 Å². The van der Waals surface area contributed by atoms with Gasteiger partial charge in [0.15, 0.2) is 5.78 Å². The summed E-state index contributed by atoms with van der Waals surface area (Å²) in [4.78, 5) is 36.3. The third-order valence-corrected chi connectivity index (χ3v) is 4.02. The normalized spacial score (nSPS) is 10.2. The number of carbonyl (C=O) groups excluding carboxylic acids is 3. The van der Waals surface area contributed by atoms with Crippen LogP contribution in [0.5, 0.6) is 0 Å². The van der Waals surface area contributed by atoms with Crippen molar-refractivity contribution in [1.82, 2.24) is 0 Å². The Hall–Kier alpha value is -3.80. The molecule has 0 saturated carbocycles. The van der Waals surface area contributed by atoms with Crippen molar-refractivity contribution in [1.29, 1.82) is 0 Å². The van der Waals surface area contributed by atoms with Gasteiger partial charge in [-0.1, -0.05) is 18.2 Å². The van der Waals surface area contributed by atoms with Crippen molar-refractivity contribution >= 4 is 29.0 Å². The van der Waals surface area contributed by atoms with Crippen LogP contribution in [0.1, 0.15) is 38.0 Å². The highest BCUT2D eigenvalue weighted by molar-refractivity contribution is 6.09. The summed E-state index contributed by atoms with van der Waals surface area (Å²) in [6.07, 6.45) is 0. The van der Waals surface area contributed by atoms with Crippen molar-refractivity contribution in [2.45, 2.75) is 6.92 Å². The lowest BCUT2D eigenvalue weighted by atomic mass is 10.1. The van der Waals surface area contributed by atoms with Gasteiger partial charge < -0.3 is 10.6 Å². The predicted molar refractivity (Wildman–Crippen MR) is 105 cm³/mol.